The summed E-state index contributed by atoms with van der Waals surface area (Å²) in [4.78, 5) is 10.8. The fourth-order valence-electron chi connectivity index (χ4n) is 1.43. The first-order valence-electron chi connectivity index (χ1n) is 3.62. The maximum Gasteiger partial charge on any atom is 0.197 e. The van der Waals surface area contributed by atoms with Crippen LogP contribution >= 0.6 is 0 Å². The van der Waals surface area contributed by atoms with E-state index in [-0.39, 0.29) is 17.5 Å². The zero-order valence-electron chi connectivity index (χ0n) is 6.35. The molecule has 0 aliphatic heterocycles. The van der Waals surface area contributed by atoms with Crippen LogP contribution in [0.1, 0.15) is 26.7 Å². The third-order valence-electron chi connectivity index (χ3n) is 2.04. The van der Waals surface area contributed by atoms with Crippen LogP contribution in [-0.4, -0.2) is 10.9 Å². The summed E-state index contributed by atoms with van der Waals surface area (Å²) in [5, 5.41) is 9.16. The first-order valence-corrected chi connectivity index (χ1v) is 3.62. The zero-order valence-corrected chi connectivity index (χ0v) is 6.35. The first kappa shape index (κ1) is 7.32. The number of rotatable bonds is 1. The van der Waals surface area contributed by atoms with Gasteiger partial charge in [0.2, 0.25) is 0 Å². The Balaban J connectivity index is 2.90. The van der Waals surface area contributed by atoms with E-state index in [0.717, 1.165) is 12.0 Å². The molecule has 1 aliphatic carbocycles. The highest BCUT2D eigenvalue weighted by Crippen LogP contribution is 2.29. The minimum absolute atomic E-state index is 0.0231. The summed E-state index contributed by atoms with van der Waals surface area (Å²) in [7, 11) is 0. The molecule has 0 aromatic carbocycles. The van der Waals surface area contributed by atoms with Crippen LogP contribution in [0.4, 0.5) is 0 Å². The summed E-state index contributed by atoms with van der Waals surface area (Å²) in [5.74, 6) is 0.192. The van der Waals surface area contributed by atoms with Gasteiger partial charge < -0.3 is 5.11 Å². The minimum atomic E-state index is -0.0932. The molecule has 0 amide bonds. The van der Waals surface area contributed by atoms with Gasteiger partial charge in [0.05, 0.1) is 0 Å². The van der Waals surface area contributed by atoms with Gasteiger partial charge in [0.25, 0.3) is 0 Å². The zero-order chi connectivity index (χ0) is 7.72. The third-order valence-corrected chi connectivity index (χ3v) is 2.04. The Morgan fingerprint density at radius 1 is 1.70 bits per heavy atom. The number of carbonyl (C=O) groups is 1. The molecule has 1 aliphatic rings. The van der Waals surface area contributed by atoms with E-state index in [2.05, 4.69) is 0 Å². The molecule has 56 valence electrons. The summed E-state index contributed by atoms with van der Waals surface area (Å²) >= 11 is 0. The average Bonchev–Trinajstić information content (AvgIpc) is 2.09. The quantitative estimate of drug-likeness (QED) is 0.603. The van der Waals surface area contributed by atoms with Gasteiger partial charge in [0, 0.05) is 6.42 Å². The van der Waals surface area contributed by atoms with Crippen LogP contribution in [-0.2, 0) is 4.79 Å². The number of hydrogen-bond donors (Lipinski definition) is 1. The predicted octanol–water partition coefficient (Wildman–Crippen LogP) is 1.82. The molecule has 0 unspecified atom stereocenters. The second kappa shape index (κ2) is 2.45. The lowest BCUT2D eigenvalue weighted by Gasteiger charge is -2.02. The Kier molecular flexibility index (Phi) is 1.79. The van der Waals surface area contributed by atoms with Crippen molar-refractivity contribution in [1.29, 1.82) is 0 Å². The van der Waals surface area contributed by atoms with Gasteiger partial charge in [-0.1, -0.05) is 13.8 Å². The summed E-state index contributed by atoms with van der Waals surface area (Å²) in [6.45, 7) is 3.93. The van der Waals surface area contributed by atoms with E-state index >= 15 is 0 Å². The fraction of sp³-hybridized carbons (Fsp3) is 0.625. The van der Waals surface area contributed by atoms with Crippen LogP contribution in [0.2, 0.25) is 0 Å². The fourth-order valence-corrected chi connectivity index (χ4v) is 1.43. The monoisotopic (exact) mass is 140 g/mol. The normalized spacial score (nSPS) is 26.2. The van der Waals surface area contributed by atoms with Crippen molar-refractivity contribution in [1.82, 2.24) is 0 Å². The molecule has 2 nitrogen and oxygen atoms in total. The Labute approximate surface area is 60.6 Å². The van der Waals surface area contributed by atoms with Crippen LogP contribution in [0.25, 0.3) is 0 Å². The molecular formula is C8H12O2. The maximum absolute atomic E-state index is 10.8. The van der Waals surface area contributed by atoms with Crippen molar-refractivity contribution >= 4 is 5.78 Å². The summed E-state index contributed by atoms with van der Waals surface area (Å²) in [5.41, 5.74) is 0.921. The van der Waals surface area contributed by atoms with Gasteiger partial charge in [-0.05, 0) is 17.9 Å². The number of hydrogen-bond acceptors (Lipinski definition) is 2. The van der Waals surface area contributed by atoms with Crippen molar-refractivity contribution in [2.75, 3.05) is 0 Å². The van der Waals surface area contributed by atoms with Crippen LogP contribution in [0, 0.1) is 5.92 Å². The molecule has 10 heavy (non-hydrogen) atoms. The topological polar surface area (TPSA) is 37.3 Å². The summed E-state index contributed by atoms with van der Waals surface area (Å²) < 4.78 is 0. The largest absolute Gasteiger partial charge is 0.504 e. The van der Waals surface area contributed by atoms with Gasteiger partial charge >= 0.3 is 0 Å². The Hall–Kier alpha value is -0.790. The predicted molar refractivity (Wildman–Crippen MR) is 38.7 cm³/mol. The molecular weight excluding hydrogens is 128 g/mol. The number of carbonyl (C=O) groups excluding carboxylic acids is 1. The molecule has 0 radical (unpaired) electrons. The van der Waals surface area contributed by atoms with Gasteiger partial charge in [0.1, 0.15) is 0 Å². The van der Waals surface area contributed by atoms with Gasteiger partial charge in [-0.2, -0.15) is 0 Å². The molecule has 0 saturated heterocycles. The first-order chi connectivity index (χ1) is 4.66. The van der Waals surface area contributed by atoms with Gasteiger partial charge in [-0.15, -0.1) is 0 Å². The molecule has 1 atom stereocenters. The van der Waals surface area contributed by atoms with E-state index < -0.39 is 0 Å². The number of aliphatic hydroxyl groups excluding tert-OH is 1. The molecule has 0 bridgehead atoms. The lowest BCUT2D eigenvalue weighted by atomic mass is 10.0. The smallest absolute Gasteiger partial charge is 0.197 e. The Morgan fingerprint density at radius 2 is 2.30 bits per heavy atom. The molecule has 1 rings (SSSR count). The van der Waals surface area contributed by atoms with Gasteiger partial charge in [-0.25, -0.2) is 0 Å². The molecule has 0 saturated carbocycles. The van der Waals surface area contributed by atoms with Crippen LogP contribution in [0.5, 0.6) is 0 Å². The number of allylic oxidation sites excluding steroid dienone is 2. The number of aliphatic hydroxyl groups is 1. The highest BCUT2D eigenvalue weighted by Gasteiger charge is 2.27. The average molecular weight is 140 g/mol. The van der Waals surface area contributed by atoms with E-state index in [4.69, 9.17) is 5.11 Å². The highest BCUT2D eigenvalue weighted by atomic mass is 16.3. The van der Waals surface area contributed by atoms with Crippen LogP contribution in [0.3, 0.4) is 0 Å². The number of Topliss-reactive ketones (excluding diaryl/α,β-unsaturated/α-hetero) is 1. The number of ketones is 1. The second-order valence-electron chi connectivity index (χ2n) is 2.76. The second-order valence-corrected chi connectivity index (χ2v) is 2.76. The van der Waals surface area contributed by atoms with Crippen molar-refractivity contribution < 1.29 is 9.90 Å². The lowest BCUT2D eigenvalue weighted by Crippen LogP contribution is -1.94. The molecule has 0 spiro atoms. The van der Waals surface area contributed by atoms with Gasteiger partial charge in [0.15, 0.2) is 11.5 Å². The Morgan fingerprint density at radius 3 is 2.50 bits per heavy atom. The third kappa shape index (κ3) is 0.939. The van der Waals surface area contributed by atoms with E-state index in [1.165, 1.54) is 0 Å². The van der Waals surface area contributed by atoms with Crippen molar-refractivity contribution in [3.05, 3.63) is 11.3 Å². The van der Waals surface area contributed by atoms with Crippen molar-refractivity contribution in [2.24, 2.45) is 5.92 Å². The van der Waals surface area contributed by atoms with E-state index in [1.807, 2.05) is 13.8 Å². The van der Waals surface area contributed by atoms with Crippen LogP contribution in [0.15, 0.2) is 11.3 Å². The Bertz CT molecular complexity index is 191. The van der Waals surface area contributed by atoms with Crippen LogP contribution < -0.4 is 0 Å². The lowest BCUT2D eigenvalue weighted by molar-refractivity contribution is -0.117. The molecule has 0 aromatic rings. The molecule has 1 N–H and O–H groups in total. The molecule has 0 heterocycles. The maximum atomic E-state index is 10.8. The summed E-state index contributed by atoms with van der Waals surface area (Å²) in [6.07, 6.45) is 1.29. The van der Waals surface area contributed by atoms with Gasteiger partial charge in [-0.3, -0.25) is 4.79 Å². The molecule has 2 heteroatoms. The SMILES string of the molecule is CCC1=C(O)C(=O)C[C@H]1C. The van der Waals surface area contributed by atoms with Crippen molar-refractivity contribution in [2.45, 2.75) is 26.7 Å². The van der Waals surface area contributed by atoms with Crippen molar-refractivity contribution in [3.8, 4) is 0 Å². The molecule has 0 aromatic heterocycles. The van der Waals surface area contributed by atoms with E-state index in [0.29, 0.717) is 6.42 Å². The van der Waals surface area contributed by atoms with E-state index in [9.17, 15) is 4.79 Å². The van der Waals surface area contributed by atoms with Crippen molar-refractivity contribution in [3.63, 3.8) is 0 Å². The standard InChI is InChI=1S/C8H12O2/c1-3-6-5(2)4-7(9)8(6)10/h5,10H,3-4H2,1-2H3/t5-/m1/s1. The molecule has 0 fully saturated rings. The highest BCUT2D eigenvalue weighted by molar-refractivity contribution is 5.96. The summed E-state index contributed by atoms with van der Waals surface area (Å²) in [6, 6.07) is 0. The van der Waals surface area contributed by atoms with E-state index in [1.54, 1.807) is 0 Å². The minimum Gasteiger partial charge on any atom is -0.504 e.